The molecule has 8 heteroatoms. The highest BCUT2D eigenvalue weighted by molar-refractivity contribution is 7.92. The molecular formula is C30H29N3O4S. The van der Waals surface area contributed by atoms with Crippen molar-refractivity contribution in [2.45, 2.75) is 25.3 Å². The van der Waals surface area contributed by atoms with Crippen molar-refractivity contribution in [3.63, 3.8) is 0 Å². The number of hydrogen-bond acceptors (Lipinski definition) is 5. The third-order valence-corrected chi connectivity index (χ3v) is 7.57. The number of carbonyl (C=O) groups is 1. The Hall–Kier alpha value is -4.43. The number of ether oxygens (including phenoxy) is 1. The Morgan fingerprint density at radius 2 is 1.55 bits per heavy atom. The van der Waals surface area contributed by atoms with Gasteiger partial charge in [0.25, 0.3) is 15.9 Å². The van der Waals surface area contributed by atoms with Crippen LogP contribution in [0.15, 0.2) is 113 Å². The van der Waals surface area contributed by atoms with Gasteiger partial charge in [0.05, 0.1) is 16.8 Å². The lowest BCUT2D eigenvalue weighted by atomic mass is 10.1. The summed E-state index contributed by atoms with van der Waals surface area (Å²) in [6.45, 7) is 3.63. The zero-order valence-corrected chi connectivity index (χ0v) is 22.1. The van der Waals surface area contributed by atoms with Crippen LogP contribution >= 0.6 is 0 Å². The Labute approximate surface area is 223 Å². The first-order valence-electron chi connectivity index (χ1n) is 12.1. The molecule has 4 aromatic carbocycles. The highest BCUT2D eigenvalue weighted by Gasteiger charge is 2.28. The first kappa shape index (κ1) is 26.6. The topological polar surface area (TPSA) is 88.1 Å². The van der Waals surface area contributed by atoms with E-state index in [0.717, 1.165) is 21.0 Å². The second kappa shape index (κ2) is 12.2. The highest BCUT2D eigenvalue weighted by Crippen LogP contribution is 2.27. The van der Waals surface area contributed by atoms with Crippen LogP contribution in [0.3, 0.4) is 0 Å². The number of nitrogens with zero attached hydrogens (tertiary/aromatic N) is 2. The molecule has 0 radical (unpaired) electrons. The Morgan fingerprint density at radius 3 is 2.29 bits per heavy atom. The van der Waals surface area contributed by atoms with Gasteiger partial charge in [-0.2, -0.15) is 5.10 Å². The summed E-state index contributed by atoms with van der Waals surface area (Å²) in [5.41, 5.74) is 6.21. The van der Waals surface area contributed by atoms with Crippen molar-refractivity contribution < 1.29 is 17.9 Å². The Bertz CT molecular complexity index is 1520. The number of hydrazone groups is 1. The fourth-order valence-electron chi connectivity index (χ4n) is 3.80. The van der Waals surface area contributed by atoms with Gasteiger partial charge < -0.3 is 4.74 Å². The minimum Gasteiger partial charge on any atom is -0.488 e. The number of rotatable bonds is 10. The molecule has 0 aliphatic carbocycles. The molecule has 0 bridgehead atoms. The lowest BCUT2D eigenvalue weighted by molar-refractivity contribution is -0.119. The molecule has 0 aromatic heterocycles. The summed E-state index contributed by atoms with van der Waals surface area (Å²) in [6.07, 6.45) is 1.48. The van der Waals surface area contributed by atoms with Gasteiger partial charge in [0, 0.05) is 5.56 Å². The van der Waals surface area contributed by atoms with Crippen LogP contribution < -0.4 is 14.5 Å². The number of anilines is 1. The zero-order chi connectivity index (χ0) is 27.0. The summed E-state index contributed by atoms with van der Waals surface area (Å²) in [5, 5.41) is 4.07. The molecule has 0 heterocycles. The van der Waals surface area contributed by atoms with E-state index in [2.05, 4.69) is 10.5 Å². The maximum absolute atomic E-state index is 13.6. The maximum atomic E-state index is 13.6. The van der Waals surface area contributed by atoms with Crippen LogP contribution in [-0.2, 0) is 21.4 Å². The quantitative estimate of drug-likeness (QED) is 0.226. The van der Waals surface area contributed by atoms with Gasteiger partial charge in [-0.3, -0.25) is 9.10 Å². The average molecular weight is 528 g/mol. The number of benzene rings is 4. The number of nitrogens with one attached hydrogen (secondary N) is 1. The van der Waals surface area contributed by atoms with Crippen LogP contribution in [0, 0.1) is 13.8 Å². The third-order valence-electron chi connectivity index (χ3n) is 5.80. The van der Waals surface area contributed by atoms with Crippen molar-refractivity contribution >= 4 is 27.8 Å². The van der Waals surface area contributed by atoms with Crippen LogP contribution in [0.25, 0.3) is 0 Å². The minimum atomic E-state index is -4.01. The van der Waals surface area contributed by atoms with Crippen LogP contribution in [-0.4, -0.2) is 27.1 Å². The van der Waals surface area contributed by atoms with Crippen LogP contribution in [0.4, 0.5) is 5.69 Å². The van der Waals surface area contributed by atoms with Crippen molar-refractivity contribution in [3.05, 3.63) is 125 Å². The minimum absolute atomic E-state index is 0.0988. The normalized spacial score (nSPS) is 11.3. The summed E-state index contributed by atoms with van der Waals surface area (Å²) in [7, 11) is -4.01. The van der Waals surface area contributed by atoms with E-state index in [4.69, 9.17) is 4.74 Å². The van der Waals surface area contributed by atoms with Gasteiger partial charge in [0.2, 0.25) is 0 Å². The summed E-state index contributed by atoms with van der Waals surface area (Å²) in [6, 6.07) is 30.7. The number of para-hydroxylation sites is 1. The number of sulfonamides is 1. The van der Waals surface area contributed by atoms with Gasteiger partial charge in [-0.25, -0.2) is 13.8 Å². The Kier molecular flexibility index (Phi) is 8.55. The van der Waals surface area contributed by atoms with Gasteiger partial charge >= 0.3 is 0 Å². The molecule has 0 fully saturated rings. The highest BCUT2D eigenvalue weighted by atomic mass is 32.2. The average Bonchev–Trinajstić information content (AvgIpc) is 2.93. The maximum Gasteiger partial charge on any atom is 0.264 e. The number of aryl methyl sites for hydroxylation is 2. The first-order valence-corrected chi connectivity index (χ1v) is 13.5. The van der Waals surface area contributed by atoms with Gasteiger partial charge in [0.15, 0.2) is 0 Å². The van der Waals surface area contributed by atoms with Crippen molar-refractivity contribution in [3.8, 4) is 5.75 Å². The molecule has 4 aromatic rings. The molecule has 0 aliphatic heterocycles. The van der Waals surface area contributed by atoms with Crippen LogP contribution in [0.5, 0.6) is 5.75 Å². The molecular weight excluding hydrogens is 498 g/mol. The molecule has 4 rings (SSSR count). The lowest BCUT2D eigenvalue weighted by Crippen LogP contribution is -2.40. The SMILES string of the molecule is Cc1ccc(C)c(N(CC(=O)N/N=C\c2ccccc2OCc2ccccc2)S(=O)(=O)c2ccccc2)c1. The van der Waals surface area contributed by atoms with Crippen molar-refractivity contribution in [2.75, 3.05) is 10.8 Å². The molecule has 0 saturated carbocycles. The summed E-state index contributed by atoms with van der Waals surface area (Å²) in [4.78, 5) is 13.0. The summed E-state index contributed by atoms with van der Waals surface area (Å²) >= 11 is 0. The molecule has 194 valence electrons. The van der Waals surface area contributed by atoms with E-state index in [-0.39, 0.29) is 4.90 Å². The number of carbonyl (C=O) groups excluding carboxylic acids is 1. The summed E-state index contributed by atoms with van der Waals surface area (Å²) in [5.74, 6) is 0.0300. The van der Waals surface area contributed by atoms with Gasteiger partial charge in [-0.1, -0.05) is 72.8 Å². The molecule has 0 aliphatic rings. The van der Waals surface area contributed by atoms with E-state index in [9.17, 15) is 13.2 Å². The summed E-state index contributed by atoms with van der Waals surface area (Å²) < 4.78 is 34.2. The Morgan fingerprint density at radius 1 is 0.895 bits per heavy atom. The van der Waals surface area contributed by atoms with Gasteiger partial charge in [-0.15, -0.1) is 0 Å². The van der Waals surface area contributed by atoms with Crippen LogP contribution in [0.1, 0.15) is 22.3 Å². The second-order valence-corrected chi connectivity index (χ2v) is 10.6. The second-order valence-electron chi connectivity index (χ2n) is 8.72. The predicted octanol–water partition coefficient (Wildman–Crippen LogP) is 5.23. The van der Waals surface area contributed by atoms with E-state index in [1.165, 1.54) is 18.3 Å². The van der Waals surface area contributed by atoms with Gasteiger partial charge in [-0.05, 0) is 60.9 Å². The molecule has 0 spiro atoms. The number of amides is 1. The van der Waals surface area contributed by atoms with Crippen LogP contribution in [0.2, 0.25) is 0 Å². The fourth-order valence-corrected chi connectivity index (χ4v) is 5.30. The van der Waals surface area contributed by atoms with Crippen molar-refractivity contribution in [2.24, 2.45) is 5.10 Å². The zero-order valence-electron chi connectivity index (χ0n) is 21.2. The molecule has 1 N–H and O–H groups in total. The molecule has 1 amide bonds. The Balaban J connectivity index is 1.51. The van der Waals surface area contributed by atoms with Crippen molar-refractivity contribution in [1.29, 1.82) is 0 Å². The smallest absolute Gasteiger partial charge is 0.264 e. The molecule has 7 nitrogen and oxygen atoms in total. The molecule has 0 saturated heterocycles. The predicted molar refractivity (Wildman–Crippen MR) is 150 cm³/mol. The monoisotopic (exact) mass is 527 g/mol. The molecule has 38 heavy (non-hydrogen) atoms. The molecule has 0 unspecified atom stereocenters. The lowest BCUT2D eigenvalue weighted by Gasteiger charge is -2.25. The molecule has 0 atom stereocenters. The van der Waals surface area contributed by atoms with Crippen molar-refractivity contribution in [1.82, 2.24) is 5.43 Å². The number of hydrogen-bond donors (Lipinski definition) is 1. The standard InChI is InChI=1S/C30H29N3O4S/c1-23-17-18-24(2)28(19-23)33(38(35,36)27-14-7-4-8-15-27)21-30(34)32-31-20-26-13-9-10-16-29(26)37-22-25-11-5-3-6-12-25/h3-20H,21-22H2,1-2H3,(H,32,34)/b31-20-. The van der Waals surface area contributed by atoms with E-state index < -0.39 is 22.5 Å². The van der Waals surface area contributed by atoms with E-state index in [1.807, 2.05) is 80.6 Å². The third kappa shape index (κ3) is 6.66. The fraction of sp³-hybridized carbons (Fsp3) is 0.133. The van der Waals surface area contributed by atoms with E-state index in [1.54, 1.807) is 24.3 Å². The van der Waals surface area contributed by atoms with Gasteiger partial charge in [0.1, 0.15) is 18.9 Å². The van der Waals surface area contributed by atoms with E-state index >= 15 is 0 Å². The first-order chi connectivity index (χ1) is 18.3. The van der Waals surface area contributed by atoms with E-state index in [0.29, 0.717) is 23.6 Å². The largest absolute Gasteiger partial charge is 0.488 e.